The van der Waals surface area contributed by atoms with Gasteiger partial charge in [0.25, 0.3) is 0 Å². The summed E-state index contributed by atoms with van der Waals surface area (Å²) in [6.07, 6.45) is 1.98. The minimum atomic E-state index is -0.915. The van der Waals surface area contributed by atoms with Gasteiger partial charge in [0.05, 0.1) is 12.2 Å². The SMILES string of the molecule is N#CC(=O)C[C@H](O)C[C@@H](O)CN1CCCCC1. The summed E-state index contributed by atoms with van der Waals surface area (Å²) in [4.78, 5) is 13.0. The number of hydrogen-bond donors (Lipinski definition) is 2. The molecular formula is C12H20N2O3. The quantitative estimate of drug-likeness (QED) is 0.642. The molecule has 0 aromatic rings. The van der Waals surface area contributed by atoms with Gasteiger partial charge in [0, 0.05) is 19.4 Å². The Morgan fingerprint density at radius 3 is 2.47 bits per heavy atom. The van der Waals surface area contributed by atoms with Crippen molar-refractivity contribution in [2.24, 2.45) is 0 Å². The van der Waals surface area contributed by atoms with Crippen LogP contribution in [0.25, 0.3) is 0 Å². The monoisotopic (exact) mass is 240 g/mol. The Kier molecular flexibility index (Phi) is 6.12. The summed E-state index contributed by atoms with van der Waals surface area (Å²) in [6.45, 7) is 2.52. The van der Waals surface area contributed by atoms with Crippen LogP contribution >= 0.6 is 0 Å². The van der Waals surface area contributed by atoms with E-state index in [1.165, 1.54) is 12.5 Å². The minimum absolute atomic E-state index is 0.157. The van der Waals surface area contributed by atoms with Gasteiger partial charge >= 0.3 is 0 Å². The van der Waals surface area contributed by atoms with Crippen molar-refractivity contribution in [1.82, 2.24) is 4.90 Å². The summed E-state index contributed by atoms with van der Waals surface area (Å²) in [5.41, 5.74) is 0. The van der Waals surface area contributed by atoms with Crippen molar-refractivity contribution in [2.75, 3.05) is 19.6 Å². The molecule has 0 saturated carbocycles. The van der Waals surface area contributed by atoms with Crippen LogP contribution in [0.15, 0.2) is 0 Å². The summed E-state index contributed by atoms with van der Waals surface area (Å²) in [5, 5.41) is 27.6. The van der Waals surface area contributed by atoms with Gasteiger partial charge < -0.3 is 15.1 Å². The second kappa shape index (κ2) is 7.38. The number of ketones is 1. The predicted octanol–water partition coefficient (Wildman–Crippen LogP) is 0.0670. The molecule has 0 aliphatic carbocycles. The van der Waals surface area contributed by atoms with E-state index in [2.05, 4.69) is 4.90 Å². The van der Waals surface area contributed by atoms with Gasteiger partial charge in [-0.15, -0.1) is 0 Å². The van der Waals surface area contributed by atoms with E-state index < -0.39 is 18.0 Å². The second-order valence-corrected chi connectivity index (χ2v) is 4.64. The number of likely N-dealkylation sites (tertiary alicyclic amines) is 1. The molecule has 0 bridgehead atoms. The number of Topliss-reactive ketones (excluding diaryl/α,β-unsaturated/α-hetero) is 1. The summed E-state index contributed by atoms with van der Waals surface area (Å²) in [5.74, 6) is -0.636. The average Bonchev–Trinajstić information content (AvgIpc) is 2.29. The zero-order chi connectivity index (χ0) is 12.7. The molecule has 96 valence electrons. The fourth-order valence-electron chi connectivity index (χ4n) is 2.17. The highest BCUT2D eigenvalue weighted by atomic mass is 16.3. The second-order valence-electron chi connectivity index (χ2n) is 4.64. The van der Waals surface area contributed by atoms with E-state index in [1.54, 1.807) is 0 Å². The lowest BCUT2D eigenvalue weighted by Gasteiger charge is -2.29. The van der Waals surface area contributed by atoms with Crippen LogP contribution < -0.4 is 0 Å². The van der Waals surface area contributed by atoms with Crippen molar-refractivity contribution < 1.29 is 15.0 Å². The van der Waals surface area contributed by atoms with Crippen molar-refractivity contribution in [2.45, 2.75) is 44.3 Å². The van der Waals surface area contributed by atoms with Crippen molar-refractivity contribution in [1.29, 1.82) is 5.26 Å². The van der Waals surface area contributed by atoms with E-state index in [4.69, 9.17) is 5.26 Å². The van der Waals surface area contributed by atoms with Crippen LogP contribution in [-0.2, 0) is 4.79 Å². The first-order valence-electron chi connectivity index (χ1n) is 6.13. The van der Waals surface area contributed by atoms with Gasteiger partial charge in [-0.1, -0.05) is 6.42 Å². The van der Waals surface area contributed by atoms with Gasteiger partial charge in [-0.05, 0) is 25.9 Å². The van der Waals surface area contributed by atoms with Crippen molar-refractivity contribution >= 4 is 5.78 Å². The number of aliphatic hydroxyl groups excluding tert-OH is 2. The predicted molar refractivity (Wildman–Crippen MR) is 62.2 cm³/mol. The van der Waals surface area contributed by atoms with Gasteiger partial charge in [0.15, 0.2) is 0 Å². The Morgan fingerprint density at radius 1 is 1.24 bits per heavy atom. The Labute approximate surface area is 102 Å². The molecule has 1 saturated heterocycles. The van der Waals surface area contributed by atoms with E-state index in [0.717, 1.165) is 25.9 Å². The van der Waals surface area contributed by atoms with Crippen LogP contribution in [0.4, 0.5) is 0 Å². The van der Waals surface area contributed by atoms with Gasteiger partial charge in [-0.3, -0.25) is 4.79 Å². The Morgan fingerprint density at radius 2 is 1.88 bits per heavy atom. The molecule has 17 heavy (non-hydrogen) atoms. The molecular weight excluding hydrogens is 220 g/mol. The molecule has 0 radical (unpaired) electrons. The van der Waals surface area contributed by atoms with Gasteiger partial charge in [0.1, 0.15) is 6.07 Å². The van der Waals surface area contributed by atoms with Crippen LogP contribution in [0.5, 0.6) is 0 Å². The molecule has 1 fully saturated rings. The van der Waals surface area contributed by atoms with Gasteiger partial charge in [-0.2, -0.15) is 5.26 Å². The summed E-state index contributed by atoms with van der Waals surface area (Å²) < 4.78 is 0. The third kappa shape index (κ3) is 5.78. The number of aliphatic hydroxyl groups is 2. The molecule has 5 heteroatoms. The van der Waals surface area contributed by atoms with Crippen LogP contribution in [0.1, 0.15) is 32.1 Å². The zero-order valence-electron chi connectivity index (χ0n) is 10.0. The number of hydrogen-bond acceptors (Lipinski definition) is 5. The lowest BCUT2D eigenvalue weighted by Crippen LogP contribution is -2.37. The number of piperidine rings is 1. The molecule has 0 amide bonds. The van der Waals surface area contributed by atoms with Crippen LogP contribution in [0.2, 0.25) is 0 Å². The maximum absolute atomic E-state index is 10.8. The number of nitrogens with zero attached hydrogens (tertiary/aromatic N) is 2. The molecule has 1 rings (SSSR count). The minimum Gasteiger partial charge on any atom is -0.393 e. The highest BCUT2D eigenvalue weighted by Gasteiger charge is 2.19. The molecule has 0 aromatic carbocycles. The molecule has 2 N–H and O–H groups in total. The first kappa shape index (κ1) is 14.1. The highest BCUT2D eigenvalue weighted by molar-refractivity contribution is 5.93. The average molecular weight is 240 g/mol. The van der Waals surface area contributed by atoms with Gasteiger partial charge in [0.2, 0.25) is 5.78 Å². The highest BCUT2D eigenvalue weighted by Crippen LogP contribution is 2.11. The van der Waals surface area contributed by atoms with Crippen molar-refractivity contribution in [3.05, 3.63) is 0 Å². The summed E-state index contributed by atoms with van der Waals surface area (Å²) >= 11 is 0. The fraction of sp³-hybridized carbons (Fsp3) is 0.833. The number of rotatable bonds is 6. The first-order chi connectivity index (χ1) is 8.11. The lowest BCUT2D eigenvalue weighted by molar-refractivity contribution is -0.116. The fourth-order valence-corrected chi connectivity index (χ4v) is 2.17. The van der Waals surface area contributed by atoms with E-state index >= 15 is 0 Å². The summed E-state index contributed by atoms with van der Waals surface area (Å²) in [6, 6.07) is 1.46. The zero-order valence-corrected chi connectivity index (χ0v) is 10.0. The molecule has 1 aliphatic heterocycles. The molecule has 0 spiro atoms. The van der Waals surface area contributed by atoms with Crippen LogP contribution in [-0.4, -0.2) is 52.7 Å². The Hall–Kier alpha value is -0.960. The van der Waals surface area contributed by atoms with Crippen molar-refractivity contribution in [3.63, 3.8) is 0 Å². The number of β-amino-alcohol motifs (C(OH)–C–C–N with tert-alkyl or cyclic N) is 1. The summed E-state index contributed by atoms with van der Waals surface area (Å²) in [7, 11) is 0. The van der Waals surface area contributed by atoms with E-state index in [0.29, 0.717) is 6.54 Å². The molecule has 0 aromatic heterocycles. The third-order valence-corrected chi connectivity index (χ3v) is 3.01. The first-order valence-corrected chi connectivity index (χ1v) is 6.13. The van der Waals surface area contributed by atoms with E-state index in [1.807, 2.05) is 0 Å². The Bertz CT molecular complexity index is 282. The number of carbonyl (C=O) groups is 1. The van der Waals surface area contributed by atoms with E-state index in [9.17, 15) is 15.0 Å². The maximum Gasteiger partial charge on any atom is 0.234 e. The maximum atomic E-state index is 10.8. The van der Waals surface area contributed by atoms with Crippen molar-refractivity contribution in [3.8, 4) is 6.07 Å². The number of carbonyl (C=O) groups excluding carboxylic acids is 1. The molecule has 2 atom stereocenters. The topological polar surface area (TPSA) is 84.6 Å². The Balaban J connectivity index is 2.21. The molecule has 0 unspecified atom stereocenters. The number of nitriles is 1. The molecule has 1 heterocycles. The largest absolute Gasteiger partial charge is 0.393 e. The smallest absolute Gasteiger partial charge is 0.234 e. The van der Waals surface area contributed by atoms with Crippen LogP contribution in [0.3, 0.4) is 0 Å². The van der Waals surface area contributed by atoms with Crippen LogP contribution in [0, 0.1) is 11.3 Å². The standard InChI is InChI=1S/C12H20N2O3/c13-8-11(16)6-10(15)7-12(17)9-14-4-2-1-3-5-14/h10,12,15,17H,1-7,9H2/t10-,12+/m0/s1. The molecule has 1 aliphatic rings. The third-order valence-electron chi connectivity index (χ3n) is 3.01. The van der Waals surface area contributed by atoms with Gasteiger partial charge in [-0.25, -0.2) is 0 Å². The lowest BCUT2D eigenvalue weighted by atomic mass is 10.1. The molecule has 5 nitrogen and oxygen atoms in total. The normalized spacial score (nSPS) is 20.5. The van der Waals surface area contributed by atoms with E-state index in [-0.39, 0.29) is 12.8 Å².